The van der Waals surface area contributed by atoms with Crippen molar-refractivity contribution in [1.29, 1.82) is 0 Å². The maximum absolute atomic E-state index is 11.8. The van der Waals surface area contributed by atoms with Gasteiger partial charge in [0.15, 0.2) is 4.67 Å². The summed E-state index contributed by atoms with van der Waals surface area (Å²) in [4.78, 5) is 15.9. The average Bonchev–Trinajstić information content (AvgIpc) is 2.78. The summed E-state index contributed by atoms with van der Waals surface area (Å²) in [7, 11) is 0. The minimum absolute atomic E-state index is 0.262. The molecular weight excluding hydrogens is 300 g/mol. The topological polar surface area (TPSA) is 64.4 Å². The summed E-state index contributed by atoms with van der Waals surface area (Å²) in [6.45, 7) is 2.44. The Morgan fingerprint density at radius 2 is 2.33 bits per heavy atom. The molecule has 0 atom stereocenters. The zero-order valence-electron chi connectivity index (χ0n) is 9.64. The van der Waals surface area contributed by atoms with Crippen molar-refractivity contribution in [3.8, 4) is 5.88 Å². The number of hydrogen-bond donors (Lipinski definition) is 1. The van der Waals surface area contributed by atoms with Crippen molar-refractivity contribution >= 4 is 27.5 Å². The Bertz CT molecular complexity index is 537. The molecule has 0 aliphatic heterocycles. The van der Waals surface area contributed by atoms with Crippen LogP contribution in [0.3, 0.4) is 0 Å². The molecule has 1 N–H and O–H groups in total. The van der Waals surface area contributed by atoms with Gasteiger partial charge in [0.05, 0.1) is 30.3 Å². The molecule has 0 saturated heterocycles. The molecule has 94 valence electrons. The maximum Gasteiger partial charge on any atom is 0.260 e. The Hall–Kier alpha value is -1.82. The minimum Gasteiger partial charge on any atom is -0.478 e. The van der Waals surface area contributed by atoms with Gasteiger partial charge >= 0.3 is 0 Å². The highest BCUT2D eigenvalue weighted by Gasteiger charge is 2.12. The normalized spacial score (nSPS) is 10.1. The number of rotatable bonds is 4. The minimum atomic E-state index is -0.262. The molecule has 2 heterocycles. The highest BCUT2D eigenvalue weighted by molar-refractivity contribution is 9.10. The van der Waals surface area contributed by atoms with Crippen LogP contribution in [0.15, 0.2) is 39.7 Å². The Balaban J connectivity index is 2.05. The second kappa shape index (κ2) is 5.68. The van der Waals surface area contributed by atoms with Gasteiger partial charge in [-0.25, -0.2) is 4.98 Å². The van der Waals surface area contributed by atoms with Gasteiger partial charge < -0.3 is 14.5 Å². The van der Waals surface area contributed by atoms with Crippen molar-refractivity contribution in [2.75, 3.05) is 11.9 Å². The molecule has 18 heavy (non-hydrogen) atoms. The third-order valence-corrected chi connectivity index (χ3v) is 2.76. The number of nitrogens with zero attached hydrogens (tertiary/aromatic N) is 1. The van der Waals surface area contributed by atoms with E-state index in [1.807, 2.05) is 6.92 Å². The monoisotopic (exact) mass is 310 g/mol. The number of hydrogen-bond acceptors (Lipinski definition) is 4. The third-order valence-electron chi connectivity index (χ3n) is 2.15. The SMILES string of the molecule is CCOc1ccc(NC(=O)c2ccoc2Br)cn1. The predicted octanol–water partition coefficient (Wildman–Crippen LogP) is 3.09. The van der Waals surface area contributed by atoms with E-state index in [9.17, 15) is 4.79 Å². The van der Waals surface area contributed by atoms with Crippen LogP contribution in [0.4, 0.5) is 5.69 Å². The molecule has 2 aromatic heterocycles. The Kier molecular flexibility index (Phi) is 3.99. The van der Waals surface area contributed by atoms with E-state index >= 15 is 0 Å². The molecule has 0 saturated carbocycles. The van der Waals surface area contributed by atoms with E-state index in [1.165, 1.54) is 12.5 Å². The Morgan fingerprint density at radius 3 is 2.89 bits per heavy atom. The van der Waals surface area contributed by atoms with Gasteiger partial charge in [-0.1, -0.05) is 0 Å². The van der Waals surface area contributed by atoms with Gasteiger partial charge in [-0.2, -0.15) is 0 Å². The van der Waals surface area contributed by atoms with Crippen molar-refractivity contribution < 1.29 is 13.9 Å². The van der Waals surface area contributed by atoms with E-state index in [4.69, 9.17) is 9.15 Å². The number of nitrogens with one attached hydrogen (secondary N) is 1. The van der Waals surface area contributed by atoms with Gasteiger partial charge in [-0.3, -0.25) is 4.79 Å². The fourth-order valence-corrected chi connectivity index (χ4v) is 1.76. The number of halogens is 1. The summed E-state index contributed by atoms with van der Waals surface area (Å²) in [6, 6.07) is 5.01. The third kappa shape index (κ3) is 2.89. The zero-order valence-corrected chi connectivity index (χ0v) is 11.2. The van der Waals surface area contributed by atoms with Crippen molar-refractivity contribution in [2.24, 2.45) is 0 Å². The molecule has 6 heteroatoms. The van der Waals surface area contributed by atoms with Crippen LogP contribution in [0.2, 0.25) is 0 Å². The number of aromatic nitrogens is 1. The van der Waals surface area contributed by atoms with E-state index in [2.05, 4.69) is 26.2 Å². The van der Waals surface area contributed by atoms with E-state index < -0.39 is 0 Å². The fraction of sp³-hybridized carbons (Fsp3) is 0.167. The van der Waals surface area contributed by atoms with Crippen LogP contribution in [0.5, 0.6) is 5.88 Å². The quantitative estimate of drug-likeness (QED) is 0.942. The smallest absolute Gasteiger partial charge is 0.260 e. The maximum atomic E-state index is 11.8. The molecule has 0 bridgehead atoms. The zero-order chi connectivity index (χ0) is 13.0. The number of furan rings is 1. The van der Waals surface area contributed by atoms with E-state index in [-0.39, 0.29) is 5.91 Å². The van der Waals surface area contributed by atoms with Gasteiger partial charge in [0.1, 0.15) is 0 Å². The molecule has 0 radical (unpaired) electrons. The van der Waals surface area contributed by atoms with Crippen molar-refractivity contribution in [3.63, 3.8) is 0 Å². The van der Waals surface area contributed by atoms with Gasteiger partial charge in [0.25, 0.3) is 5.91 Å². The van der Waals surface area contributed by atoms with Crippen molar-refractivity contribution in [1.82, 2.24) is 4.98 Å². The highest BCUT2D eigenvalue weighted by Crippen LogP contribution is 2.19. The first kappa shape index (κ1) is 12.6. The average molecular weight is 311 g/mol. The lowest BCUT2D eigenvalue weighted by atomic mass is 10.3. The summed E-state index contributed by atoms with van der Waals surface area (Å²) < 4.78 is 10.6. The lowest BCUT2D eigenvalue weighted by Crippen LogP contribution is -2.11. The number of carbonyl (C=O) groups is 1. The number of pyridine rings is 1. The summed E-state index contributed by atoms with van der Waals surface area (Å²) in [6.07, 6.45) is 2.98. The molecule has 1 amide bonds. The predicted molar refractivity (Wildman–Crippen MR) is 69.8 cm³/mol. The molecule has 0 fully saturated rings. The van der Waals surface area contributed by atoms with Crippen LogP contribution < -0.4 is 10.1 Å². The molecule has 0 aliphatic carbocycles. The Labute approximate surface area is 112 Å². The van der Waals surface area contributed by atoms with Crippen LogP contribution >= 0.6 is 15.9 Å². The number of amides is 1. The second-order valence-corrected chi connectivity index (χ2v) is 4.10. The fourth-order valence-electron chi connectivity index (χ4n) is 1.34. The van der Waals surface area contributed by atoms with Crippen LogP contribution in [-0.4, -0.2) is 17.5 Å². The summed E-state index contributed by atoms with van der Waals surface area (Å²) in [5, 5.41) is 2.71. The van der Waals surface area contributed by atoms with Crippen LogP contribution in [0.1, 0.15) is 17.3 Å². The molecule has 0 unspecified atom stereocenters. The van der Waals surface area contributed by atoms with Gasteiger partial charge in [-0.15, -0.1) is 0 Å². The van der Waals surface area contributed by atoms with Crippen LogP contribution in [0.25, 0.3) is 0 Å². The lowest BCUT2D eigenvalue weighted by molar-refractivity contribution is 0.102. The second-order valence-electron chi connectivity index (χ2n) is 3.38. The van der Waals surface area contributed by atoms with Gasteiger partial charge in [0.2, 0.25) is 5.88 Å². The standard InChI is InChI=1S/C12H11BrN2O3/c1-2-17-10-4-3-8(7-14-10)15-12(16)9-5-6-18-11(9)13/h3-7H,2H2,1H3,(H,15,16). The molecule has 0 spiro atoms. The van der Waals surface area contributed by atoms with Gasteiger partial charge in [0, 0.05) is 6.07 Å². The van der Waals surface area contributed by atoms with E-state index in [0.717, 1.165) is 0 Å². The molecule has 0 aromatic carbocycles. The number of ether oxygens (including phenoxy) is 1. The Morgan fingerprint density at radius 1 is 1.50 bits per heavy atom. The number of carbonyl (C=O) groups excluding carboxylic acids is 1. The van der Waals surface area contributed by atoms with E-state index in [1.54, 1.807) is 18.2 Å². The first-order chi connectivity index (χ1) is 8.70. The molecule has 2 aromatic rings. The molecule has 0 aliphatic rings. The number of anilines is 1. The van der Waals surface area contributed by atoms with Gasteiger partial charge in [-0.05, 0) is 35.0 Å². The first-order valence-corrected chi connectivity index (χ1v) is 6.13. The lowest BCUT2D eigenvalue weighted by Gasteiger charge is -2.05. The molecule has 5 nitrogen and oxygen atoms in total. The van der Waals surface area contributed by atoms with Crippen molar-refractivity contribution in [3.05, 3.63) is 40.9 Å². The summed E-state index contributed by atoms with van der Waals surface area (Å²) in [5.74, 6) is 0.265. The van der Waals surface area contributed by atoms with Crippen LogP contribution in [0, 0.1) is 0 Å². The summed E-state index contributed by atoms with van der Waals surface area (Å²) >= 11 is 3.15. The van der Waals surface area contributed by atoms with Crippen molar-refractivity contribution in [2.45, 2.75) is 6.92 Å². The largest absolute Gasteiger partial charge is 0.478 e. The first-order valence-electron chi connectivity index (χ1n) is 5.34. The summed E-state index contributed by atoms with van der Waals surface area (Å²) in [5.41, 5.74) is 1.03. The molecular formula is C12H11BrN2O3. The highest BCUT2D eigenvalue weighted by atomic mass is 79.9. The van der Waals surface area contributed by atoms with Crippen LogP contribution in [-0.2, 0) is 0 Å². The van der Waals surface area contributed by atoms with E-state index in [0.29, 0.717) is 28.4 Å². The molecule has 2 rings (SSSR count).